The molecular weight excluding hydrogens is 386 g/mol. The summed E-state index contributed by atoms with van der Waals surface area (Å²) < 4.78 is 41.9. The first-order valence-corrected chi connectivity index (χ1v) is 9.13. The fourth-order valence-corrected chi connectivity index (χ4v) is 2.93. The van der Waals surface area contributed by atoms with Crippen LogP contribution in [0.4, 0.5) is 8.78 Å². The Morgan fingerprint density at radius 1 is 0.667 bits per heavy atom. The molecule has 0 fully saturated rings. The molecule has 0 aliphatic carbocycles. The molecule has 0 heterocycles. The molecule has 0 radical (unpaired) electrons. The molecule has 0 aliphatic heterocycles. The van der Waals surface area contributed by atoms with Crippen LogP contribution in [-0.2, 0) is 0 Å². The zero-order chi connectivity index (χ0) is 22.0. The summed E-state index contributed by atoms with van der Waals surface area (Å²) in [5.74, 6) is -2.91. The monoisotopic (exact) mass is 404 g/mol. The van der Waals surface area contributed by atoms with Gasteiger partial charge < -0.3 is 9.47 Å². The predicted molar refractivity (Wildman–Crippen MR) is 108 cm³/mol. The molecule has 0 saturated heterocycles. The average Bonchev–Trinajstić information content (AvgIpc) is 2.73. The van der Waals surface area contributed by atoms with Crippen LogP contribution in [0.3, 0.4) is 0 Å². The van der Waals surface area contributed by atoms with Crippen molar-refractivity contribution < 1.29 is 18.3 Å². The molecule has 0 amide bonds. The summed E-state index contributed by atoms with van der Waals surface area (Å²) in [5.41, 5.74) is 1.75. The number of rotatable bonds is 4. The number of ether oxygens (including phenoxy) is 2. The van der Waals surface area contributed by atoms with Gasteiger partial charge in [-0.25, -0.2) is 8.78 Å². The summed E-state index contributed by atoms with van der Waals surface area (Å²) in [4.78, 5) is 0. The Hall–Kier alpha value is -3.90. The van der Waals surface area contributed by atoms with Crippen molar-refractivity contribution in [3.05, 3.63) is 81.4 Å². The molecule has 3 aromatic rings. The summed E-state index contributed by atoms with van der Waals surface area (Å²) >= 11 is 0. The molecule has 3 aromatic carbocycles. The van der Waals surface area contributed by atoms with Crippen molar-refractivity contribution in [2.24, 2.45) is 0 Å². The second kappa shape index (κ2) is 8.23. The Kier molecular flexibility index (Phi) is 5.71. The maximum atomic E-state index is 15.2. The Bertz CT molecular complexity index is 1140. The molecule has 150 valence electrons. The van der Waals surface area contributed by atoms with Gasteiger partial charge in [-0.2, -0.15) is 10.5 Å². The molecule has 0 spiro atoms. The third-order valence-corrected chi connectivity index (χ3v) is 5.05. The van der Waals surface area contributed by atoms with Crippen molar-refractivity contribution >= 4 is 0 Å². The minimum atomic E-state index is -1.16. The summed E-state index contributed by atoms with van der Waals surface area (Å²) in [5, 5.41) is 18.6. The van der Waals surface area contributed by atoms with E-state index in [0.717, 1.165) is 22.3 Å². The molecule has 0 atom stereocenters. The van der Waals surface area contributed by atoms with Gasteiger partial charge >= 0.3 is 0 Å². The smallest absolute Gasteiger partial charge is 0.210 e. The third-order valence-electron chi connectivity index (χ3n) is 5.05. The number of benzene rings is 3. The lowest BCUT2D eigenvalue weighted by molar-refractivity contribution is 0.371. The summed E-state index contributed by atoms with van der Waals surface area (Å²) in [6.45, 7) is 7.26. The maximum Gasteiger partial charge on any atom is 0.210 e. The quantitative estimate of drug-likeness (QED) is 0.496. The van der Waals surface area contributed by atoms with Gasteiger partial charge in [-0.15, -0.1) is 0 Å². The van der Waals surface area contributed by atoms with E-state index in [4.69, 9.17) is 9.47 Å². The number of nitriles is 2. The molecule has 0 unspecified atom stereocenters. The standard InChI is InChI=1S/C24H18F2N2O2/c1-13-7-5-9-19(15(13)3)29-23-21(25)17(11-27)18(12-28)22(26)24(23)30-20-10-6-8-14(2)16(20)4/h5-10H,1-4H3. The van der Waals surface area contributed by atoms with Gasteiger partial charge in [0.25, 0.3) is 0 Å². The van der Waals surface area contributed by atoms with Gasteiger partial charge in [0.1, 0.15) is 34.8 Å². The van der Waals surface area contributed by atoms with Crippen molar-refractivity contribution in [3.63, 3.8) is 0 Å². The van der Waals surface area contributed by atoms with E-state index in [-0.39, 0.29) is 11.5 Å². The zero-order valence-electron chi connectivity index (χ0n) is 16.9. The van der Waals surface area contributed by atoms with Crippen molar-refractivity contribution in [2.45, 2.75) is 27.7 Å². The first-order chi connectivity index (χ1) is 14.3. The van der Waals surface area contributed by atoms with E-state index in [1.165, 1.54) is 0 Å². The number of hydrogen-bond donors (Lipinski definition) is 0. The van der Waals surface area contributed by atoms with Crippen molar-refractivity contribution in [2.75, 3.05) is 0 Å². The van der Waals surface area contributed by atoms with Gasteiger partial charge in [-0.05, 0) is 62.1 Å². The van der Waals surface area contributed by atoms with Crippen molar-refractivity contribution in [1.29, 1.82) is 10.5 Å². The Morgan fingerprint density at radius 3 is 1.37 bits per heavy atom. The highest BCUT2D eigenvalue weighted by atomic mass is 19.1. The lowest BCUT2D eigenvalue weighted by atomic mass is 10.1. The summed E-state index contributed by atoms with van der Waals surface area (Å²) in [6, 6.07) is 13.4. The van der Waals surface area contributed by atoms with Crippen LogP contribution in [0.2, 0.25) is 0 Å². The van der Waals surface area contributed by atoms with Crippen LogP contribution >= 0.6 is 0 Å². The molecule has 3 rings (SSSR count). The zero-order valence-corrected chi connectivity index (χ0v) is 16.9. The second-order valence-corrected chi connectivity index (χ2v) is 6.86. The second-order valence-electron chi connectivity index (χ2n) is 6.86. The minimum Gasteiger partial charge on any atom is -0.450 e. The van der Waals surface area contributed by atoms with Crippen LogP contribution in [0.1, 0.15) is 33.4 Å². The van der Waals surface area contributed by atoms with E-state index in [9.17, 15) is 10.5 Å². The Labute approximate surface area is 173 Å². The molecule has 0 aromatic heterocycles. The molecule has 0 aliphatic rings. The van der Waals surface area contributed by atoms with Crippen LogP contribution in [0.5, 0.6) is 23.0 Å². The highest BCUT2D eigenvalue weighted by molar-refractivity contribution is 5.61. The van der Waals surface area contributed by atoms with Gasteiger partial charge in [0.2, 0.25) is 11.5 Å². The first-order valence-electron chi connectivity index (χ1n) is 9.13. The van der Waals surface area contributed by atoms with Crippen LogP contribution in [0.15, 0.2) is 36.4 Å². The average molecular weight is 404 g/mol. The topological polar surface area (TPSA) is 66.0 Å². The van der Waals surface area contributed by atoms with E-state index in [0.29, 0.717) is 0 Å². The molecule has 0 N–H and O–H groups in total. The van der Waals surface area contributed by atoms with Gasteiger partial charge in [0.15, 0.2) is 11.6 Å². The first kappa shape index (κ1) is 20.8. The van der Waals surface area contributed by atoms with E-state index in [1.54, 1.807) is 50.3 Å². The number of hydrogen-bond acceptors (Lipinski definition) is 4. The van der Waals surface area contributed by atoms with Crippen LogP contribution < -0.4 is 9.47 Å². The largest absolute Gasteiger partial charge is 0.450 e. The SMILES string of the molecule is Cc1cccc(Oc2c(F)c(C#N)c(C#N)c(F)c2Oc2cccc(C)c2C)c1C. The molecular formula is C24H18F2N2O2. The Balaban J connectivity index is 2.27. The molecule has 6 heteroatoms. The normalized spacial score (nSPS) is 10.3. The lowest BCUT2D eigenvalue weighted by Crippen LogP contribution is -2.05. The van der Waals surface area contributed by atoms with E-state index < -0.39 is 34.3 Å². The van der Waals surface area contributed by atoms with Crippen LogP contribution in [-0.4, -0.2) is 0 Å². The predicted octanol–water partition coefficient (Wildman–Crippen LogP) is 6.53. The van der Waals surface area contributed by atoms with Gasteiger partial charge in [0, 0.05) is 0 Å². The lowest BCUT2D eigenvalue weighted by Gasteiger charge is -2.18. The van der Waals surface area contributed by atoms with Gasteiger partial charge in [0.05, 0.1) is 0 Å². The number of nitrogens with zero attached hydrogens (tertiary/aromatic N) is 2. The van der Waals surface area contributed by atoms with Crippen molar-refractivity contribution in [1.82, 2.24) is 0 Å². The van der Waals surface area contributed by atoms with Crippen molar-refractivity contribution in [3.8, 4) is 35.1 Å². The highest BCUT2D eigenvalue weighted by Gasteiger charge is 2.29. The fourth-order valence-electron chi connectivity index (χ4n) is 2.93. The van der Waals surface area contributed by atoms with Gasteiger partial charge in [-0.1, -0.05) is 24.3 Å². The maximum absolute atomic E-state index is 15.2. The molecule has 4 nitrogen and oxygen atoms in total. The van der Waals surface area contributed by atoms with E-state index >= 15 is 8.78 Å². The summed E-state index contributed by atoms with van der Waals surface area (Å²) in [6.07, 6.45) is 0. The van der Waals surface area contributed by atoms with E-state index in [2.05, 4.69) is 0 Å². The van der Waals surface area contributed by atoms with Crippen LogP contribution in [0.25, 0.3) is 0 Å². The molecule has 30 heavy (non-hydrogen) atoms. The van der Waals surface area contributed by atoms with E-state index in [1.807, 2.05) is 26.0 Å². The minimum absolute atomic E-state index is 0.285. The Morgan fingerprint density at radius 2 is 1.03 bits per heavy atom. The third kappa shape index (κ3) is 3.56. The highest BCUT2D eigenvalue weighted by Crippen LogP contribution is 2.44. The molecule has 0 saturated carbocycles. The summed E-state index contributed by atoms with van der Waals surface area (Å²) in [7, 11) is 0. The number of aryl methyl sites for hydroxylation is 2. The molecule has 0 bridgehead atoms. The number of halogens is 2. The van der Waals surface area contributed by atoms with Crippen LogP contribution in [0, 0.1) is 62.0 Å². The fraction of sp³-hybridized carbons (Fsp3) is 0.167. The van der Waals surface area contributed by atoms with Gasteiger partial charge in [-0.3, -0.25) is 0 Å².